The van der Waals surface area contributed by atoms with E-state index >= 15 is 0 Å². The summed E-state index contributed by atoms with van der Waals surface area (Å²) in [5.41, 5.74) is 0.680. The third-order valence-corrected chi connectivity index (χ3v) is 2.76. The summed E-state index contributed by atoms with van der Waals surface area (Å²) in [6.07, 6.45) is 0. The Morgan fingerprint density at radius 3 is 2.53 bits per heavy atom. The van der Waals surface area contributed by atoms with Crippen molar-refractivity contribution in [3.63, 3.8) is 0 Å². The lowest BCUT2D eigenvalue weighted by Crippen LogP contribution is -2.06. The van der Waals surface area contributed by atoms with E-state index in [2.05, 4.69) is 0 Å². The molecule has 0 fully saturated rings. The second-order valence-electron chi connectivity index (χ2n) is 3.78. The number of benzene rings is 1. The molecule has 2 rings (SSSR count). The fourth-order valence-corrected chi connectivity index (χ4v) is 2.03. The first-order valence-corrected chi connectivity index (χ1v) is 5.43. The Labute approximate surface area is 103 Å². The molecule has 1 heterocycles. The zero-order chi connectivity index (χ0) is 12.6. The number of hydrogen-bond acceptors (Lipinski definition) is 2. The van der Waals surface area contributed by atoms with E-state index in [4.69, 9.17) is 16.0 Å². The van der Waals surface area contributed by atoms with Gasteiger partial charge < -0.3 is 4.42 Å². The van der Waals surface area contributed by atoms with Crippen LogP contribution in [0.15, 0.2) is 33.5 Å². The van der Waals surface area contributed by atoms with Crippen molar-refractivity contribution in [1.82, 2.24) is 0 Å². The van der Waals surface area contributed by atoms with Crippen LogP contribution in [-0.4, -0.2) is 0 Å². The van der Waals surface area contributed by atoms with Gasteiger partial charge in [-0.25, -0.2) is 4.39 Å². The lowest BCUT2D eigenvalue weighted by molar-refractivity contribution is 0.486. The number of aryl methyl sites for hydroxylation is 2. The van der Waals surface area contributed by atoms with E-state index in [1.807, 2.05) is 0 Å². The Bertz CT molecular complexity index is 632. The van der Waals surface area contributed by atoms with E-state index in [1.54, 1.807) is 13.8 Å². The molecule has 0 unspecified atom stereocenters. The van der Waals surface area contributed by atoms with E-state index < -0.39 is 5.82 Å². The standard InChI is InChI=1S/C13H10ClFO2/c1-7-5-12(16)13(8(2)17-7)10-4-3-9(15)6-11(10)14/h3-6H,1-2H3. The van der Waals surface area contributed by atoms with Gasteiger partial charge in [-0.1, -0.05) is 11.6 Å². The predicted octanol–water partition coefficient (Wildman–Crippen LogP) is 3.72. The molecule has 2 nitrogen and oxygen atoms in total. The molecule has 0 saturated carbocycles. The molecule has 4 heteroatoms. The molecule has 0 atom stereocenters. The highest BCUT2D eigenvalue weighted by Crippen LogP contribution is 2.28. The van der Waals surface area contributed by atoms with Crippen LogP contribution in [0, 0.1) is 19.7 Å². The topological polar surface area (TPSA) is 30.2 Å². The molecule has 1 aromatic carbocycles. The summed E-state index contributed by atoms with van der Waals surface area (Å²) < 4.78 is 18.3. The van der Waals surface area contributed by atoms with Crippen LogP contribution in [0.5, 0.6) is 0 Å². The lowest BCUT2D eigenvalue weighted by atomic mass is 10.0. The largest absolute Gasteiger partial charge is 0.466 e. The molecule has 2 aromatic rings. The van der Waals surface area contributed by atoms with Crippen LogP contribution in [-0.2, 0) is 0 Å². The summed E-state index contributed by atoms with van der Waals surface area (Å²) >= 11 is 5.93. The molecule has 0 saturated heterocycles. The van der Waals surface area contributed by atoms with Crippen LogP contribution >= 0.6 is 11.6 Å². The van der Waals surface area contributed by atoms with E-state index in [1.165, 1.54) is 24.3 Å². The Balaban J connectivity index is 2.73. The predicted molar refractivity (Wildman–Crippen MR) is 64.9 cm³/mol. The molecular weight excluding hydrogens is 243 g/mol. The van der Waals surface area contributed by atoms with Gasteiger partial charge >= 0.3 is 0 Å². The molecule has 0 radical (unpaired) electrons. The van der Waals surface area contributed by atoms with E-state index in [0.29, 0.717) is 22.6 Å². The van der Waals surface area contributed by atoms with Gasteiger partial charge in [-0.05, 0) is 32.0 Å². The van der Waals surface area contributed by atoms with E-state index in [-0.39, 0.29) is 10.5 Å². The number of halogens is 2. The minimum atomic E-state index is -0.437. The van der Waals surface area contributed by atoms with Gasteiger partial charge in [-0.2, -0.15) is 0 Å². The van der Waals surface area contributed by atoms with Gasteiger partial charge in [0.05, 0.1) is 10.6 Å². The van der Waals surface area contributed by atoms with Crippen molar-refractivity contribution in [2.45, 2.75) is 13.8 Å². The summed E-state index contributed by atoms with van der Waals surface area (Å²) in [4.78, 5) is 11.9. The van der Waals surface area contributed by atoms with Gasteiger partial charge in [0.25, 0.3) is 0 Å². The van der Waals surface area contributed by atoms with Crippen molar-refractivity contribution in [2.75, 3.05) is 0 Å². The highest BCUT2D eigenvalue weighted by atomic mass is 35.5. The van der Waals surface area contributed by atoms with E-state index in [9.17, 15) is 9.18 Å². The van der Waals surface area contributed by atoms with Crippen molar-refractivity contribution in [2.24, 2.45) is 0 Å². The molecule has 0 bridgehead atoms. The van der Waals surface area contributed by atoms with Crippen molar-refractivity contribution < 1.29 is 8.81 Å². The zero-order valence-corrected chi connectivity index (χ0v) is 10.1. The van der Waals surface area contributed by atoms with Crippen molar-refractivity contribution in [3.8, 4) is 11.1 Å². The molecule has 0 spiro atoms. The smallest absolute Gasteiger partial charge is 0.193 e. The third kappa shape index (κ3) is 2.24. The molecule has 17 heavy (non-hydrogen) atoms. The zero-order valence-electron chi connectivity index (χ0n) is 9.38. The molecule has 1 aromatic heterocycles. The maximum atomic E-state index is 12.9. The normalized spacial score (nSPS) is 10.6. The van der Waals surface area contributed by atoms with Crippen LogP contribution in [0.1, 0.15) is 11.5 Å². The number of rotatable bonds is 1. The fraction of sp³-hybridized carbons (Fsp3) is 0.154. The average molecular weight is 253 g/mol. The first kappa shape index (κ1) is 11.9. The molecule has 0 N–H and O–H groups in total. The highest BCUT2D eigenvalue weighted by molar-refractivity contribution is 6.33. The Hall–Kier alpha value is -1.61. The van der Waals surface area contributed by atoms with Crippen molar-refractivity contribution in [3.05, 3.63) is 56.8 Å². The average Bonchev–Trinajstić information content (AvgIpc) is 2.19. The first-order valence-electron chi connectivity index (χ1n) is 5.06. The molecule has 88 valence electrons. The molecule has 0 amide bonds. The van der Waals surface area contributed by atoms with Gasteiger partial charge in [0.1, 0.15) is 17.3 Å². The maximum Gasteiger partial charge on any atom is 0.193 e. The Kier molecular flexibility index (Phi) is 3.03. The highest BCUT2D eigenvalue weighted by Gasteiger charge is 2.13. The fourth-order valence-electron chi connectivity index (χ4n) is 1.77. The van der Waals surface area contributed by atoms with Gasteiger partial charge in [0.15, 0.2) is 5.43 Å². The first-order chi connectivity index (χ1) is 7.99. The molecule has 0 aliphatic carbocycles. The molecular formula is C13H10ClFO2. The van der Waals surface area contributed by atoms with E-state index in [0.717, 1.165) is 0 Å². The van der Waals surface area contributed by atoms with Gasteiger partial charge in [-0.3, -0.25) is 4.79 Å². The third-order valence-electron chi connectivity index (χ3n) is 2.45. The minimum Gasteiger partial charge on any atom is -0.466 e. The lowest BCUT2D eigenvalue weighted by Gasteiger charge is -2.07. The monoisotopic (exact) mass is 252 g/mol. The Morgan fingerprint density at radius 2 is 1.94 bits per heavy atom. The van der Waals surface area contributed by atoms with Gasteiger partial charge in [0.2, 0.25) is 0 Å². The van der Waals surface area contributed by atoms with Crippen LogP contribution < -0.4 is 5.43 Å². The summed E-state index contributed by atoms with van der Waals surface area (Å²) in [7, 11) is 0. The quantitative estimate of drug-likeness (QED) is 0.774. The maximum absolute atomic E-state index is 12.9. The Morgan fingerprint density at radius 1 is 1.24 bits per heavy atom. The molecule has 0 aliphatic rings. The summed E-state index contributed by atoms with van der Waals surface area (Å²) in [5.74, 6) is 0.575. The summed E-state index contributed by atoms with van der Waals surface area (Å²) in [6.45, 7) is 3.38. The van der Waals surface area contributed by atoms with Crippen molar-refractivity contribution in [1.29, 1.82) is 0 Å². The van der Waals surface area contributed by atoms with Crippen LogP contribution in [0.2, 0.25) is 5.02 Å². The van der Waals surface area contributed by atoms with Gasteiger partial charge in [-0.15, -0.1) is 0 Å². The SMILES string of the molecule is Cc1cc(=O)c(-c2ccc(F)cc2Cl)c(C)o1. The van der Waals surface area contributed by atoms with Crippen LogP contribution in [0.25, 0.3) is 11.1 Å². The second kappa shape index (κ2) is 4.34. The minimum absolute atomic E-state index is 0.181. The summed E-state index contributed by atoms with van der Waals surface area (Å²) in [5, 5.41) is 0.198. The van der Waals surface area contributed by atoms with Crippen LogP contribution in [0.4, 0.5) is 4.39 Å². The molecule has 0 aliphatic heterocycles. The van der Waals surface area contributed by atoms with Gasteiger partial charge in [0, 0.05) is 11.6 Å². The number of hydrogen-bond donors (Lipinski definition) is 0. The van der Waals surface area contributed by atoms with Crippen LogP contribution in [0.3, 0.4) is 0 Å². The summed E-state index contributed by atoms with van der Waals surface area (Å²) in [6, 6.07) is 5.31. The second-order valence-corrected chi connectivity index (χ2v) is 4.18. The van der Waals surface area contributed by atoms with Crippen molar-refractivity contribution >= 4 is 11.6 Å².